The van der Waals surface area contributed by atoms with Crippen molar-refractivity contribution in [2.45, 2.75) is 57.7 Å². The van der Waals surface area contributed by atoms with Crippen LogP contribution in [-0.4, -0.2) is 32.5 Å². The molecule has 1 amide bonds. The van der Waals surface area contributed by atoms with Crippen LogP contribution in [0.15, 0.2) is 35.8 Å². The van der Waals surface area contributed by atoms with Gasteiger partial charge in [0, 0.05) is 23.2 Å². The minimum atomic E-state index is -0.690. The molecule has 1 saturated carbocycles. The van der Waals surface area contributed by atoms with Crippen molar-refractivity contribution in [2.24, 2.45) is 0 Å². The molecular weight excluding hydrogens is 320 g/mol. The van der Waals surface area contributed by atoms with Crippen molar-refractivity contribution >= 4 is 17.2 Å². The highest BCUT2D eigenvalue weighted by molar-refractivity contribution is 7.09. The molecular formula is C19H24N2O2S. The summed E-state index contributed by atoms with van der Waals surface area (Å²) in [6.45, 7) is 4.21. The average Bonchev–Trinajstić information content (AvgIpc) is 3.26. The molecule has 4 nitrogen and oxygen atoms in total. The number of nitrogens with zero attached hydrogens (tertiary/aromatic N) is 2. The summed E-state index contributed by atoms with van der Waals surface area (Å²) < 4.78 is 0. The van der Waals surface area contributed by atoms with Crippen molar-refractivity contribution in [3.05, 3.63) is 52.0 Å². The van der Waals surface area contributed by atoms with Crippen LogP contribution in [0.1, 0.15) is 54.0 Å². The van der Waals surface area contributed by atoms with Crippen molar-refractivity contribution in [3.8, 4) is 0 Å². The van der Waals surface area contributed by atoms with E-state index in [1.807, 2.05) is 48.4 Å². The molecule has 0 bridgehead atoms. The summed E-state index contributed by atoms with van der Waals surface area (Å²) in [4.78, 5) is 19.2. The Balaban J connectivity index is 1.72. The molecule has 1 aliphatic carbocycles. The third-order valence-electron chi connectivity index (χ3n) is 4.24. The lowest BCUT2D eigenvalue weighted by Gasteiger charge is -2.22. The molecule has 1 aliphatic rings. The second-order valence-electron chi connectivity index (χ2n) is 7.10. The van der Waals surface area contributed by atoms with Crippen molar-refractivity contribution in [1.29, 1.82) is 0 Å². The van der Waals surface area contributed by atoms with Crippen LogP contribution in [0, 0.1) is 0 Å². The zero-order chi connectivity index (χ0) is 17.2. The van der Waals surface area contributed by atoms with Gasteiger partial charge in [-0.2, -0.15) is 0 Å². The normalized spacial score (nSPS) is 14.6. The predicted octanol–water partition coefficient (Wildman–Crippen LogP) is 3.65. The van der Waals surface area contributed by atoms with Gasteiger partial charge in [-0.1, -0.05) is 12.1 Å². The van der Waals surface area contributed by atoms with Crippen LogP contribution < -0.4 is 0 Å². The number of hydrogen-bond acceptors (Lipinski definition) is 4. The number of aromatic nitrogens is 1. The van der Waals surface area contributed by atoms with Gasteiger partial charge in [0.2, 0.25) is 0 Å². The number of hydrogen-bond donors (Lipinski definition) is 1. The Kier molecular flexibility index (Phi) is 5.01. The number of rotatable bonds is 7. The SMILES string of the molecule is CC(C)(O)CCc1cccc(C(=O)N(Cc2nccs2)C2CC2)c1. The molecule has 0 aliphatic heterocycles. The summed E-state index contributed by atoms with van der Waals surface area (Å²) in [6.07, 6.45) is 5.38. The lowest BCUT2D eigenvalue weighted by molar-refractivity contribution is 0.0714. The van der Waals surface area contributed by atoms with E-state index in [4.69, 9.17) is 0 Å². The van der Waals surface area contributed by atoms with E-state index in [2.05, 4.69) is 4.98 Å². The van der Waals surface area contributed by atoms with Gasteiger partial charge in [-0.15, -0.1) is 11.3 Å². The number of carbonyl (C=O) groups excluding carboxylic acids is 1. The fourth-order valence-corrected chi connectivity index (χ4v) is 3.32. The largest absolute Gasteiger partial charge is 0.390 e. The van der Waals surface area contributed by atoms with Gasteiger partial charge in [0.1, 0.15) is 5.01 Å². The summed E-state index contributed by atoms with van der Waals surface area (Å²) in [5.41, 5.74) is 1.13. The van der Waals surface area contributed by atoms with Crippen LogP contribution in [0.4, 0.5) is 0 Å². The molecule has 1 aromatic heterocycles. The standard InChI is InChI=1S/C19H24N2O2S/c1-19(2,23)9-8-14-4-3-5-15(12-14)18(22)21(16-6-7-16)13-17-20-10-11-24-17/h3-5,10-12,16,23H,6-9,13H2,1-2H3. The first-order valence-corrected chi connectivity index (χ1v) is 9.31. The monoisotopic (exact) mass is 344 g/mol. The second kappa shape index (κ2) is 7.03. The lowest BCUT2D eigenvalue weighted by atomic mass is 9.97. The number of carbonyl (C=O) groups is 1. The lowest BCUT2D eigenvalue weighted by Crippen LogP contribution is -2.32. The third-order valence-corrected chi connectivity index (χ3v) is 5.00. The molecule has 5 heteroatoms. The highest BCUT2D eigenvalue weighted by Crippen LogP contribution is 2.30. The molecule has 1 fully saturated rings. The van der Waals surface area contributed by atoms with E-state index in [9.17, 15) is 9.90 Å². The Bertz CT molecular complexity index is 688. The molecule has 2 aromatic rings. The Morgan fingerprint density at radius 3 is 2.83 bits per heavy atom. The van der Waals surface area contributed by atoms with Gasteiger partial charge >= 0.3 is 0 Å². The highest BCUT2D eigenvalue weighted by Gasteiger charge is 2.33. The Labute approximate surface area is 147 Å². The average molecular weight is 344 g/mol. The summed E-state index contributed by atoms with van der Waals surface area (Å²) in [5.74, 6) is 0.0813. The van der Waals surface area contributed by atoms with E-state index in [1.54, 1.807) is 17.5 Å². The van der Waals surface area contributed by atoms with Crippen LogP contribution in [-0.2, 0) is 13.0 Å². The summed E-state index contributed by atoms with van der Waals surface area (Å²) in [7, 11) is 0. The van der Waals surface area contributed by atoms with E-state index < -0.39 is 5.60 Å². The third kappa shape index (κ3) is 4.65. The zero-order valence-electron chi connectivity index (χ0n) is 14.2. The van der Waals surface area contributed by atoms with E-state index in [-0.39, 0.29) is 5.91 Å². The van der Waals surface area contributed by atoms with Gasteiger partial charge < -0.3 is 10.0 Å². The molecule has 0 spiro atoms. The van der Waals surface area contributed by atoms with Gasteiger partial charge in [-0.25, -0.2) is 4.98 Å². The van der Waals surface area contributed by atoms with Crippen LogP contribution in [0.3, 0.4) is 0 Å². The van der Waals surface area contributed by atoms with E-state index >= 15 is 0 Å². The number of aliphatic hydroxyl groups is 1. The molecule has 1 aromatic carbocycles. The van der Waals surface area contributed by atoms with Crippen LogP contribution in [0.25, 0.3) is 0 Å². The second-order valence-corrected chi connectivity index (χ2v) is 8.08. The van der Waals surface area contributed by atoms with Crippen molar-refractivity contribution in [2.75, 3.05) is 0 Å². The van der Waals surface area contributed by atoms with Crippen LogP contribution in [0.5, 0.6) is 0 Å². The first-order valence-electron chi connectivity index (χ1n) is 8.43. The fourth-order valence-electron chi connectivity index (χ4n) is 2.71. The van der Waals surface area contributed by atoms with Crippen LogP contribution >= 0.6 is 11.3 Å². The van der Waals surface area contributed by atoms with Gasteiger partial charge in [0.25, 0.3) is 5.91 Å². The molecule has 24 heavy (non-hydrogen) atoms. The molecule has 3 rings (SSSR count). The quantitative estimate of drug-likeness (QED) is 0.834. The summed E-state index contributed by atoms with van der Waals surface area (Å²) >= 11 is 1.59. The number of aryl methyl sites for hydroxylation is 1. The van der Waals surface area contributed by atoms with Crippen molar-refractivity contribution < 1.29 is 9.90 Å². The van der Waals surface area contributed by atoms with E-state index in [1.165, 1.54) is 0 Å². The van der Waals surface area contributed by atoms with Crippen molar-refractivity contribution in [3.63, 3.8) is 0 Å². The van der Waals surface area contributed by atoms with Gasteiger partial charge in [0.15, 0.2) is 0 Å². The zero-order valence-corrected chi connectivity index (χ0v) is 15.1. The number of thiazole rings is 1. The summed E-state index contributed by atoms with van der Waals surface area (Å²) in [6, 6.07) is 8.14. The molecule has 0 unspecified atom stereocenters. The predicted molar refractivity (Wildman–Crippen MR) is 96.1 cm³/mol. The Morgan fingerprint density at radius 2 is 2.21 bits per heavy atom. The smallest absolute Gasteiger partial charge is 0.254 e. The maximum absolute atomic E-state index is 13.0. The van der Waals surface area contributed by atoms with E-state index in [0.29, 0.717) is 19.0 Å². The maximum Gasteiger partial charge on any atom is 0.254 e. The minimum Gasteiger partial charge on any atom is -0.390 e. The summed E-state index contributed by atoms with van der Waals surface area (Å²) in [5, 5.41) is 12.8. The molecule has 0 atom stereocenters. The molecule has 0 saturated heterocycles. The first kappa shape index (κ1) is 17.1. The van der Waals surface area contributed by atoms with Gasteiger partial charge in [-0.3, -0.25) is 4.79 Å². The van der Waals surface area contributed by atoms with Crippen molar-refractivity contribution in [1.82, 2.24) is 9.88 Å². The molecule has 128 valence electrons. The molecule has 0 radical (unpaired) electrons. The number of amides is 1. The molecule has 1 N–H and O–H groups in total. The highest BCUT2D eigenvalue weighted by atomic mass is 32.1. The Hall–Kier alpha value is -1.72. The Morgan fingerprint density at radius 1 is 1.42 bits per heavy atom. The fraction of sp³-hybridized carbons (Fsp3) is 0.474. The topological polar surface area (TPSA) is 53.4 Å². The van der Waals surface area contributed by atoms with Gasteiger partial charge in [0.05, 0.1) is 12.1 Å². The minimum absolute atomic E-state index is 0.0813. The van der Waals surface area contributed by atoms with Gasteiger partial charge in [-0.05, 0) is 57.2 Å². The number of benzene rings is 1. The van der Waals surface area contributed by atoms with Crippen LogP contribution in [0.2, 0.25) is 0 Å². The first-order chi connectivity index (χ1) is 11.4. The molecule has 1 heterocycles. The maximum atomic E-state index is 13.0. The van der Waals surface area contributed by atoms with E-state index in [0.717, 1.165) is 35.4 Å².